The number of ether oxygens (including phenoxy) is 1. The number of hydrogen-bond donors (Lipinski definition) is 1. The minimum atomic E-state index is -0.175. The second kappa shape index (κ2) is 6.72. The van der Waals surface area contributed by atoms with Crippen molar-refractivity contribution in [2.75, 3.05) is 0 Å². The molecule has 0 saturated heterocycles. The van der Waals surface area contributed by atoms with Gasteiger partial charge in [-0.25, -0.2) is 0 Å². The highest BCUT2D eigenvalue weighted by Crippen LogP contribution is 2.31. The second-order valence-electron chi connectivity index (χ2n) is 4.35. The fourth-order valence-corrected chi connectivity index (χ4v) is 2.86. The largest absolute Gasteiger partial charge is 0.483 e. The van der Waals surface area contributed by atoms with Crippen LogP contribution in [0.15, 0.2) is 53.0 Å². The van der Waals surface area contributed by atoms with Gasteiger partial charge in [-0.05, 0) is 47.7 Å². The molecular formula is C15H15BrINO. The van der Waals surface area contributed by atoms with Crippen LogP contribution in [0.4, 0.5) is 0 Å². The Morgan fingerprint density at radius 1 is 1.11 bits per heavy atom. The van der Waals surface area contributed by atoms with Gasteiger partial charge in [0.15, 0.2) is 0 Å². The van der Waals surface area contributed by atoms with E-state index in [0.29, 0.717) is 0 Å². The van der Waals surface area contributed by atoms with Crippen LogP contribution in [0.5, 0.6) is 5.75 Å². The molecule has 2 unspecified atom stereocenters. The Morgan fingerprint density at radius 3 is 2.37 bits per heavy atom. The van der Waals surface area contributed by atoms with Crippen molar-refractivity contribution in [3.05, 3.63) is 62.1 Å². The molecule has 19 heavy (non-hydrogen) atoms. The highest BCUT2D eigenvalue weighted by molar-refractivity contribution is 14.1. The maximum absolute atomic E-state index is 6.11. The fraction of sp³-hybridized carbons (Fsp3) is 0.200. The van der Waals surface area contributed by atoms with Crippen LogP contribution < -0.4 is 10.5 Å². The van der Waals surface area contributed by atoms with Gasteiger partial charge in [-0.3, -0.25) is 0 Å². The lowest BCUT2D eigenvalue weighted by Crippen LogP contribution is -2.29. The number of para-hydroxylation sites is 1. The van der Waals surface area contributed by atoms with Gasteiger partial charge in [-0.1, -0.05) is 46.3 Å². The lowest BCUT2D eigenvalue weighted by atomic mass is 10.0. The first-order chi connectivity index (χ1) is 9.09. The van der Waals surface area contributed by atoms with Gasteiger partial charge < -0.3 is 10.5 Å². The van der Waals surface area contributed by atoms with Gasteiger partial charge in [0.2, 0.25) is 0 Å². The van der Waals surface area contributed by atoms with Gasteiger partial charge in [0.1, 0.15) is 11.9 Å². The van der Waals surface area contributed by atoms with E-state index in [0.717, 1.165) is 19.4 Å². The maximum Gasteiger partial charge on any atom is 0.140 e. The van der Waals surface area contributed by atoms with Crippen molar-refractivity contribution < 1.29 is 4.74 Å². The molecule has 2 rings (SSSR count). The Hall–Kier alpha value is -0.590. The first-order valence-corrected chi connectivity index (χ1v) is 7.88. The summed E-state index contributed by atoms with van der Waals surface area (Å²) >= 11 is 5.83. The van der Waals surface area contributed by atoms with Crippen LogP contribution in [0.1, 0.15) is 18.6 Å². The van der Waals surface area contributed by atoms with Crippen LogP contribution in [0.2, 0.25) is 0 Å². The predicted octanol–water partition coefficient (Wildman–Crippen LogP) is 4.52. The zero-order chi connectivity index (χ0) is 13.8. The van der Waals surface area contributed by atoms with Gasteiger partial charge in [-0.15, -0.1) is 0 Å². The summed E-state index contributed by atoms with van der Waals surface area (Å²) in [6.45, 7) is 1.96. The lowest BCUT2D eigenvalue weighted by molar-refractivity contribution is 0.178. The van der Waals surface area contributed by atoms with Crippen LogP contribution in [0.3, 0.4) is 0 Å². The summed E-state index contributed by atoms with van der Waals surface area (Å²) in [5, 5.41) is 0. The minimum Gasteiger partial charge on any atom is -0.483 e. The molecule has 0 amide bonds. The number of nitrogens with two attached hydrogens (primary N) is 1. The maximum atomic E-state index is 6.11. The molecule has 0 spiro atoms. The molecule has 0 fully saturated rings. The standard InChI is InChI=1S/C15H15BrINO/c1-10(18)15(11-6-2-3-7-12(11)16)19-14-9-5-4-8-13(14)17/h2-10,15H,18H2,1H3. The summed E-state index contributed by atoms with van der Waals surface area (Å²) in [7, 11) is 0. The Labute approximate surface area is 135 Å². The monoisotopic (exact) mass is 431 g/mol. The van der Waals surface area contributed by atoms with Crippen molar-refractivity contribution in [3.63, 3.8) is 0 Å². The minimum absolute atomic E-state index is 0.102. The molecule has 0 aliphatic rings. The number of halogens is 2. The highest BCUT2D eigenvalue weighted by Gasteiger charge is 2.21. The van der Waals surface area contributed by atoms with Crippen molar-refractivity contribution in [3.8, 4) is 5.75 Å². The van der Waals surface area contributed by atoms with Crippen molar-refractivity contribution >= 4 is 38.5 Å². The Morgan fingerprint density at radius 2 is 1.74 bits per heavy atom. The molecular weight excluding hydrogens is 417 g/mol. The third kappa shape index (κ3) is 3.70. The van der Waals surface area contributed by atoms with E-state index in [1.54, 1.807) is 0 Å². The average molecular weight is 432 g/mol. The molecule has 0 radical (unpaired) electrons. The molecule has 0 heterocycles. The summed E-state index contributed by atoms with van der Waals surface area (Å²) < 4.78 is 8.21. The van der Waals surface area contributed by atoms with Crippen LogP contribution in [-0.4, -0.2) is 6.04 Å². The molecule has 2 aromatic carbocycles. The number of hydrogen-bond acceptors (Lipinski definition) is 2. The zero-order valence-electron chi connectivity index (χ0n) is 10.5. The van der Waals surface area contributed by atoms with E-state index in [2.05, 4.69) is 38.5 Å². The molecule has 100 valence electrons. The molecule has 2 aromatic rings. The van der Waals surface area contributed by atoms with Crippen molar-refractivity contribution in [1.29, 1.82) is 0 Å². The summed E-state index contributed by atoms with van der Waals surface area (Å²) in [6, 6.07) is 15.9. The second-order valence-corrected chi connectivity index (χ2v) is 6.37. The number of rotatable bonds is 4. The molecule has 2 N–H and O–H groups in total. The van der Waals surface area contributed by atoms with Gasteiger partial charge in [0, 0.05) is 16.1 Å². The predicted molar refractivity (Wildman–Crippen MR) is 90.3 cm³/mol. The van der Waals surface area contributed by atoms with E-state index in [1.165, 1.54) is 0 Å². The van der Waals surface area contributed by atoms with E-state index < -0.39 is 0 Å². The molecule has 2 nitrogen and oxygen atoms in total. The first kappa shape index (κ1) is 14.8. The molecule has 0 aliphatic heterocycles. The summed E-state index contributed by atoms with van der Waals surface area (Å²) in [6.07, 6.45) is -0.175. The molecule has 0 aliphatic carbocycles. The van der Waals surface area contributed by atoms with Crippen LogP contribution >= 0.6 is 38.5 Å². The summed E-state index contributed by atoms with van der Waals surface area (Å²) in [5.74, 6) is 0.862. The van der Waals surface area contributed by atoms with Crippen LogP contribution in [-0.2, 0) is 0 Å². The fourth-order valence-electron chi connectivity index (χ4n) is 1.84. The molecule has 0 saturated carbocycles. The SMILES string of the molecule is CC(N)C(Oc1ccccc1I)c1ccccc1Br. The third-order valence-corrected chi connectivity index (χ3v) is 4.39. The average Bonchev–Trinajstić information content (AvgIpc) is 2.38. The van der Waals surface area contributed by atoms with Gasteiger partial charge in [0.05, 0.1) is 3.57 Å². The lowest BCUT2D eigenvalue weighted by Gasteiger charge is -2.24. The van der Waals surface area contributed by atoms with E-state index in [1.807, 2.05) is 55.5 Å². The summed E-state index contributed by atoms with van der Waals surface area (Å²) in [4.78, 5) is 0. The van der Waals surface area contributed by atoms with Crippen LogP contribution in [0.25, 0.3) is 0 Å². The summed E-state index contributed by atoms with van der Waals surface area (Å²) in [5.41, 5.74) is 7.15. The van der Waals surface area contributed by atoms with Gasteiger partial charge in [0.25, 0.3) is 0 Å². The Bertz CT molecular complexity index is 559. The third-order valence-electron chi connectivity index (χ3n) is 2.78. The number of benzene rings is 2. The Kier molecular flexibility index (Phi) is 5.24. The molecule has 2 atom stereocenters. The van der Waals surface area contributed by atoms with E-state index in [4.69, 9.17) is 10.5 Å². The van der Waals surface area contributed by atoms with E-state index >= 15 is 0 Å². The quantitative estimate of drug-likeness (QED) is 0.722. The van der Waals surface area contributed by atoms with Gasteiger partial charge >= 0.3 is 0 Å². The molecule has 0 aromatic heterocycles. The van der Waals surface area contributed by atoms with Crippen molar-refractivity contribution in [2.45, 2.75) is 19.1 Å². The van der Waals surface area contributed by atoms with E-state index in [9.17, 15) is 0 Å². The normalized spacial score (nSPS) is 13.9. The topological polar surface area (TPSA) is 35.2 Å². The van der Waals surface area contributed by atoms with Crippen molar-refractivity contribution in [2.24, 2.45) is 5.73 Å². The Balaban J connectivity index is 2.33. The molecule has 0 bridgehead atoms. The van der Waals surface area contributed by atoms with Crippen LogP contribution in [0, 0.1) is 3.57 Å². The van der Waals surface area contributed by atoms with Crippen molar-refractivity contribution in [1.82, 2.24) is 0 Å². The van der Waals surface area contributed by atoms with E-state index in [-0.39, 0.29) is 12.1 Å². The smallest absolute Gasteiger partial charge is 0.140 e. The molecule has 4 heteroatoms. The first-order valence-electron chi connectivity index (χ1n) is 6.01. The van der Waals surface area contributed by atoms with Gasteiger partial charge in [-0.2, -0.15) is 0 Å². The highest BCUT2D eigenvalue weighted by atomic mass is 127. The zero-order valence-corrected chi connectivity index (χ0v) is 14.3.